The van der Waals surface area contributed by atoms with Gasteiger partial charge in [0.2, 0.25) is 5.91 Å². The fourth-order valence-corrected chi connectivity index (χ4v) is 3.06. The first-order valence-electron chi connectivity index (χ1n) is 5.55. The van der Waals surface area contributed by atoms with Gasteiger partial charge in [-0.3, -0.25) is 4.79 Å². The normalized spacial score (nSPS) is 14.3. The van der Waals surface area contributed by atoms with Gasteiger partial charge in [-0.05, 0) is 30.9 Å². The van der Waals surface area contributed by atoms with Gasteiger partial charge < -0.3 is 5.32 Å². The molecule has 1 heterocycles. The summed E-state index contributed by atoms with van der Waals surface area (Å²) in [6.45, 7) is 4.54. The Morgan fingerprint density at radius 2 is 2.33 bits per heavy atom. The first-order chi connectivity index (χ1) is 7.16. The Kier molecular flexibility index (Phi) is 3.10. The second-order valence-electron chi connectivity index (χ2n) is 4.39. The zero-order valence-corrected chi connectivity index (χ0v) is 10.1. The smallest absolute Gasteiger partial charge is 0.222 e. The summed E-state index contributed by atoms with van der Waals surface area (Å²) in [5, 5.41) is 2.96. The highest BCUT2D eigenvalue weighted by atomic mass is 32.1. The summed E-state index contributed by atoms with van der Waals surface area (Å²) >= 11 is 1.86. The maximum Gasteiger partial charge on any atom is 0.222 e. The van der Waals surface area contributed by atoms with Crippen molar-refractivity contribution in [3.8, 4) is 0 Å². The van der Waals surface area contributed by atoms with Crippen LogP contribution in [0.1, 0.15) is 35.6 Å². The van der Waals surface area contributed by atoms with E-state index >= 15 is 0 Å². The van der Waals surface area contributed by atoms with Crippen molar-refractivity contribution in [3.05, 3.63) is 21.4 Å². The number of carbonyl (C=O) groups excluding carboxylic acids is 1. The SMILES string of the molecule is CC(C)C(=O)NCc1cc2c(s1)CCC2. The van der Waals surface area contributed by atoms with Crippen LogP contribution in [0, 0.1) is 5.92 Å². The molecule has 1 N–H and O–H groups in total. The van der Waals surface area contributed by atoms with E-state index in [0.717, 1.165) is 0 Å². The topological polar surface area (TPSA) is 29.1 Å². The molecule has 82 valence electrons. The summed E-state index contributed by atoms with van der Waals surface area (Å²) in [5.41, 5.74) is 1.51. The molecular weight excluding hydrogens is 206 g/mol. The predicted octanol–water partition coefficient (Wildman–Crippen LogP) is 2.51. The predicted molar refractivity (Wildman–Crippen MR) is 63.0 cm³/mol. The maximum absolute atomic E-state index is 11.4. The van der Waals surface area contributed by atoms with Gasteiger partial charge in [0.25, 0.3) is 0 Å². The molecule has 1 aromatic rings. The Labute approximate surface area is 94.7 Å². The van der Waals surface area contributed by atoms with Crippen molar-refractivity contribution in [2.24, 2.45) is 5.92 Å². The highest BCUT2D eigenvalue weighted by molar-refractivity contribution is 7.12. The number of aryl methyl sites for hydroxylation is 2. The number of hydrogen-bond donors (Lipinski definition) is 1. The van der Waals surface area contributed by atoms with Gasteiger partial charge in [0.05, 0.1) is 6.54 Å². The Balaban J connectivity index is 1.92. The third-order valence-corrected chi connectivity index (χ3v) is 4.00. The summed E-state index contributed by atoms with van der Waals surface area (Å²) in [6, 6.07) is 2.26. The molecule has 1 aliphatic carbocycles. The van der Waals surface area contributed by atoms with Crippen LogP contribution >= 0.6 is 11.3 Å². The minimum atomic E-state index is 0.0804. The first kappa shape index (κ1) is 10.7. The van der Waals surface area contributed by atoms with Crippen LogP contribution < -0.4 is 5.32 Å². The molecule has 1 aromatic heterocycles. The Morgan fingerprint density at radius 1 is 1.53 bits per heavy atom. The first-order valence-corrected chi connectivity index (χ1v) is 6.36. The quantitative estimate of drug-likeness (QED) is 0.838. The lowest BCUT2D eigenvalue weighted by Crippen LogP contribution is -2.26. The van der Waals surface area contributed by atoms with Crippen LogP contribution in [0.3, 0.4) is 0 Å². The molecule has 15 heavy (non-hydrogen) atoms. The molecule has 2 nitrogen and oxygen atoms in total. The monoisotopic (exact) mass is 223 g/mol. The van der Waals surface area contributed by atoms with Gasteiger partial charge in [-0.2, -0.15) is 0 Å². The van der Waals surface area contributed by atoms with Gasteiger partial charge in [0, 0.05) is 15.7 Å². The van der Waals surface area contributed by atoms with Crippen molar-refractivity contribution in [3.63, 3.8) is 0 Å². The number of amides is 1. The molecule has 0 saturated heterocycles. The van der Waals surface area contributed by atoms with Crippen LogP contribution in [0.4, 0.5) is 0 Å². The Morgan fingerprint density at radius 3 is 3.00 bits per heavy atom. The number of fused-ring (bicyclic) bond motifs is 1. The molecule has 0 unspecified atom stereocenters. The van der Waals surface area contributed by atoms with Crippen molar-refractivity contribution in [1.29, 1.82) is 0 Å². The largest absolute Gasteiger partial charge is 0.351 e. The summed E-state index contributed by atoms with van der Waals surface area (Å²) in [6.07, 6.45) is 3.77. The Bertz CT molecular complexity index is 346. The van der Waals surface area contributed by atoms with Crippen molar-refractivity contribution in [1.82, 2.24) is 5.32 Å². The zero-order chi connectivity index (χ0) is 10.8. The van der Waals surface area contributed by atoms with Crippen LogP contribution in [-0.2, 0) is 24.2 Å². The number of hydrogen-bond acceptors (Lipinski definition) is 2. The van der Waals surface area contributed by atoms with E-state index in [9.17, 15) is 4.79 Å². The highest BCUT2D eigenvalue weighted by Crippen LogP contribution is 2.30. The van der Waals surface area contributed by atoms with E-state index in [1.54, 1.807) is 0 Å². The van der Waals surface area contributed by atoms with Gasteiger partial charge >= 0.3 is 0 Å². The fraction of sp³-hybridized carbons (Fsp3) is 0.583. The maximum atomic E-state index is 11.4. The van der Waals surface area contributed by atoms with Crippen LogP contribution in [0.25, 0.3) is 0 Å². The molecular formula is C12H17NOS. The van der Waals surface area contributed by atoms with Crippen molar-refractivity contribution in [2.75, 3.05) is 0 Å². The van der Waals surface area contributed by atoms with Crippen molar-refractivity contribution >= 4 is 17.2 Å². The molecule has 0 radical (unpaired) electrons. The highest BCUT2D eigenvalue weighted by Gasteiger charge is 2.15. The van der Waals surface area contributed by atoms with Gasteiger partial charge in [-0.1, -0.05) is 13.8 Å². The third kappa shape index (κ3) is 2.40. The average Bonchev–Trinajstić information content (AvgIpc) is 2.72. The molecule has 0 saturated carbocycles. The lowest BCUT2D eigenvalue weighted by atomic mass is 10.2. The number of carbonyl (C=O) groups is 1. The standard InChI is InChI=1S/C12H17NOS/c1-8(2)12(14)13-7-10-6-9-4-3-5-11(9)15-10/h6,8H,3-5,7H2,1-2H3,(H,13,14). The van der Waals surface area contributed by atoms with Crippen molar-refractivity contribution in [2.45, 2.75) is 39.7 Å². The van der Waals surface area contributed by atoms with E-state index in [0.29, 0.717) is 6.54 Å². The van der Waals surface area contributed by atoms with E-state index in [4.69, 9.17) is 0 Å². The number of nitrogens with one attached hydrogen (secondary N) is 1. The van der Waals surface area contributed by atoms with Crippen LogP contribution in [0.2, 0.25) is 0 Å². The van der Waals surface area contributed by atoms with Crippen molar-refractivity contribution < 1.29 is 4.79 Å². The molecule has 2 rings (SSSR count). The van der Waals surface area contributed by atoms with Gasteiger partial charge in [-0.15, -0.1) is 11.3 Å². The minimum Gasteiger partial charge on any atom is -0.351 e. The lowest BCUT2D eigenvalue weighted by Gasteiger charge is -2.05. The van der Waals surface area contributed by atoms with E-state index in [1.807, 2.05) is 25.2 Å². The van der Waals surface area contributed by atoms with Gasteiger partial charge in [0.15, 0.2) is 0 Å². The van der Waals surface area contributed by atoms with E-state index < -0.39 is 0 Å². The molecule has 0 fully saturated rings. The summed E-state index contributed by atoms with van der Waals surface area (Å²) in [4.78, 5) is 14.2. The molecule has 3 heteroatoms. The summed E-state index contributed by atoms with van der Waals surface area (Å²) < 4.78 is 0. The summed E-state index contributed by atoms with van der Waals surface area (Å²) in [5.74, 6) is 0.223. The molecule has 0 atom stereocenters. The summed E-state index contributed by atoms with van der Waals surface area (Å²) in [7, 11) is 0. The average molecular weight is 223 g/mol. The fourth-order valence-electron chi connectivity index (χ4n) is 1.86. The number of rotatable bonds is 3. The van der Waals surface area contributed by atoms with E-state index in [1.165, 1.54) is 34.6 Å². The van der Waals surface area contributed by atoms with Crippen LogP contribution in [0.15, 0.2) is 6.07 Å². The molecule has 0 spiro atoms. The third-order valence-electron chi connectivity index (χ3n) is 2.76. The Hall–Kier alpha value is -0.830. The van der Waals surface area contributed by atoms with Crippen LogP contribution in [-0.4, -0.2) is 5.91 Å². The second-order valence-corrected chi connectivity index (χ2v) is 5.61. The van der Waals surface area contributed by atoms with E-state index in [2.05, 4.69) is 11.4 Å². The molecule has 1 aliphatic rings. The lowest BCUT2D eigenvalue weighted by molar-refractivity contribution is -0.124. The molecule has 0 bridgehead atoms. The minimum absolute atomic E-state index is 0.0804. The molecule has 0 aliphatic heterocycles. The second kappa shape index (κ2) is 4.35. The van der Waals surface area contributed by atoms with E-state index in [-0.39, 0.29) is 11.8 Å². The van der Waals surface area contributed by atoms with Gasteiger partial charge in [0.1, 0.15) is 0 Å². The van der Waals surface area contributed by atoms with Gasteiger partial charge in [-0.25, -0.2) is 0 Å². The van der Waals surface area contributed by atoms with Crippen LogP contribution in [0.5, 0.6) is 0 Å². The zero-order valence-electron chi connectivity index (χ0n) is 9.30. The molecule has 1 amide bonds. The molecule has 0 aromatic carbocycles. The number of thiophene rings is 1.